The van der Waals surface area contributed by atoms with Crippen molar-refractivity contribution in [1.29, 1.82) is 0 Å². The third-order valence-corrected chi connectivity index (χ3v) is 9.40. The minimum Gasteiger partial charge on any atom is -0.351 e. The summed E-state index contributed by atoms with van der Waals surface area (Å²) in [7, 11) is -3.81. The molecule has 2 heterocycles. The number of hydrogen-bond donors (Lipinski definition) is 2. The fraction of sp³-hybridized carbons (Fsp3) is 0.259. The highest BCUT2D eigenvalue weighted by atomic mass is 79.9. The summed E-state index contributed by atoms with van der Waals surface area (Å²) in [5, 5.41) is 3.98. The molecule has 0 radical (unpaired) electrons. The second kappa shape index (κ2) is 12.6. The molecule has 2 N–H and O–H groups in total. The van der Waals surface area contributed by atoms with E-state index in [9.17, 15) is 13.2 Å². The van der Waals surface area contributed by atoms with Crippen molar-refractivity contribution in [1.82, 2.24) is 15.2 Å². The van der Waals surface area contributed by atoms with Gasteiger partial charge in [-0.1, -0.05) is 57.1 Å². The van der Waals surface area contributed by atoms with Gasteiger partial charge in [0, 0.05) is 43.7 Å². The second-order valence-corrected chi connectivity index (χ2v) is 12.8. The maximum Gasteiger partial charge on any atom is 0.261 e. The van der Waals surface area contributed by atoms with E-state index in [1.165, 1.54) is 4.70 Å². The van der Waals surface area contributed by atoms with Crippen LogP contribution in [0.15, 0.2) is 76.1 Å². The average molecular weight is 651 g/mol. The summed E-state index contributed by atoms with van der Waals surface area (Å²) in [6, 6.07) is 19.4. The van der Waals surface area contributed by atoms with Crippen LogP contribution in [0.2, 0.25) is 0 Å². The number of sulfonamides is 1. The molecule has 39 heavy (non-hydrogen) atoms. The minimum absolute atomic E-state index is 0. The fourth-order valence-corrected chi connectivity index (χ4v) is 6.95. The lowest BCUT2D eigenvalue weighted by Crippen LogP contribution is -2.48. The maximum atomic E-state index is 12.9. The molecule has 206 valence electrons. The van der Waals surface area contributed by atoms with Crippen LogP contribution < -0.4 is 14.9 Å². The van der Waals surface area contributed by atoms with E-state index in [4.69, 9.17) is 4.98 Å². The molecule has 1 aliphatic heterocycles. The molecule has 0 aliphatic carbocycles. The van der Waals surface area contributed by atoms with Crippen LogP contribution in [0.1, 0.15) is 15.9 Å². The molecular formula is C27H29BrClN5O3S2. The Hall–Kier alpha value is -2.70. The van der Waals surface area contributed by atoms with Crippen LogP contribution in [0, 0.1) is 6.92 Å². The molecule has 12 heteroatoms. The first-order valence-electron chi connectivity index (χ1n) is 12.3. The molecule has 1 saturated heterocycles. The number of benzene rings is 3. The van der Waals surface area contributed by atoms with E-state index < -0.39 is 10.0 Å². The second-order valence-electron chi connectivity index (χ2n) is 9.16. The number of carbonyl (C=O) groups is 1. The average Bonchev–Trinajstić information content (AvgIpc) is 3.32. The van der Waals surface area contributed by atoms with Gasteiger partial charge in [-0.25, -0.2) is 13.4 Å². The Morgan fingerprint density at radius 1 is 1.03 bits per heavy atom. The number of halogens is 2. The Morgan fingerprint density at radius 2 is 1.74 bits per heavy atom. The van der Waals surface area contributed by atoms with Gasteiger partial charge in [-0.05, 0) is 49.4 Å². The van der Waals surface area contributed by atoms with Crippen molar-refractivity contribution >= 4 is 76.6 Å². The number of nitrogens with zero attached hydrogens (tertiary/aromatic N) is 3. The number of anilines is 2. The van der Waals surface area contributed by atoms with E-state index in [1.807, 2.05) is 19.1 Å². The molecule has 4 aromatic rings. The van der Waals surface area contributed by atoms with Gasteiger partial charge in [-0.2, -0.15) is 0 Å². The third-order valence-electron chi connectivity index (χ3n) is 6.44. The zero-order valence-electron chi connectivity index (χ0n) is 21.3. The Labute approximate surface area is 247 Å². The molecule has 1 aromatic heterocycles. The lowest BCUT2D eigenvalue weighted by molar-refractivity contribution is 0.0948. The molecule has 0 atom stereocenters. The van der Waals surface area contributed by atoms with Crippen LogP contribution in [-0.2, 0) is 10.0 Å². The molecule has 5 rings (SSSR count). The van der Waals surface area contributed by atoms with E-state index in [1.54, 1.807) is 59.9 Å². The number of aromatic nitrogens is 1. The number of piperazine rings is 1. The highest BCUT2D eigenvalue weighted by Crippen LogP contribution is 2.31. The van der Waals surface area contributed by atoms with Crippen molar-refractivity contribution in [2.45, 2.75) is 11.8 Å². The van der Waals surface area contributed by atoms with Crippen molar-refractivity contribution in [2.75, 3.05) is 48.9 Å². The maximum absolute atomic E-state index is 12.9. The monoisotopic (exact) mass is 649 g/mol. The van der Waals surface area contributed by atoms with Crippen LogP contribution in [0.5, 0.6) is 0 Å². The Balaban J connectivity index is 0.00000353. The smallest absolute Gasteiger partial charge is 0.261 e. The molecule has 8 nitrogen and oxygen atoms in total. The van der Waals surface area contributed by atoms with Gasteiger partial charge in [0.2, 0.25) is 0 Å². The predicted octanol–water partition coefficient (Wildman–Crippen LogP) is 5.14. The number of nitrogens with one attached hydrogen (secondary N) is 2. The van der Waals surface area contributed by atoms with Gasteiger partial charge in [0.25, 0.3) is 15.9 Å². The largest absolute Gasteiger partial charge is 0.351 e. The highest BCUT2D eigenvalue weighted by Gasteiger charge is 2.21. The molecular weight excluding hydrogens is 622 g/mol. The normalized spacial score (nSPS) is 14.2. The van der Waals surface area contributed by atoms with E-state index >= 15 is 0 Å². The molecule has 1 amide bonds. The fourth-order valence-electron chi connectivity index (χ4n) is 4.30. The summed E-state index contributed by atoms with van der Waals surface area (Å²) >= 11 is 5.22. The molecule has 1 aliphatic rings. The van der Waals surface area contributed by atoms with Crippen molar-refractivity contribution in [2.24, 2.45) is 0 Å². The van der Waals surface area contributed by atoms with E-state index in [0.717, 1.165) is 46.9 Å². The summed E-state index contributed by atoms with van der Waals surface area (Å²) in [5.74, 6) is -0.313. The lowest BCUT2D eigenvalue weighted by Gasteiger charge is -2.34. The SMILES string of the molecule is Cc1ccc(S(=O)(=O)Nc2ccccc2C(=O)NCCN2CCN(c3nc4ccc(Br)cc4s3)CC2)cc1.Cl. The van der Waals surface area contributed by atoms with Crippen molar-refractivity contribution in [3.63, 3.8) is 0 Å². The third kappa shape index (κ3) is 7.09. The Morgan fingerprint density at radius 3 is 2.49 bits per heavy atom. The zero-order valence-corrected chi connectivity index (χ0v) is 25.3. The number of carbonyl (C=O) groups excluding carboxylic acids is 1. The van der Waals surface area contributed by atoms with Crippen molar-refractivity contribution in [3.8, 4) is 0 Å². The number of fused-ring (bicyclic) bond motifs is 1. The summed E-state index contributed by atoms with van der Waals surface area (Å²) in [5.41, 5.74) is 2.52. The van der Waals surface area contributed by atoms with E-state index in [0.29, 0.717) is 13.1 Å². The first-order valence-corrected chi connectivity index (χ1v) is 15.4. The number of para-hydroxylation sites is 1. The van der Waals surface area contributed by atoms with Gasteiger partial charge in [0.05, 0.1) is 26.4 Å². The van der Waals surface area contributed by atoms with Crippen LogP contribution in [0.4, 0.5) is 10.8 Å². The molecule has 3 aromatic carbocycles. The van der Waals surface area contributed by atoms with Gasteiger partial charge < -0.3 is 10.2 Å². The molecule has 1 fully saturated rings. The first kappa shape index (κ1) is 29.3. The highest BCUT2D eigenvalue weighted by molar-refractivity contribution is 9.10. The molecule has 0 saturated carbocycles. The topological polar surface area (TPSA) is 94.6 Å². The number of amides is 1. The lowest BCUT2D eigenvalue weighted by atomic mass is 10.1. The number of hydrogen-bond acceptors (Lipinski definition) is 7. The molecule has 0 unspecified atom stereocenters. The first-order chi connectivity index (χ1) is 18.3. The van der Waals surface area contributed by atoms with Gasteiger partial charge in [0.15, 0.2) is 5.13 Å². The molecule has 0 spiro atoms. The van der Waals surface area contributed by atoms with Crippen LogP contribution in [0.25, 0.3) is 10.2 Å². The van der Waals surface area contributed by atoms with Crippen molar-refractivity contribution in [3.05, 3.63) is 82.3 Å². The van der Waals surface area contributed by atoms with Crippen LogP contribution >= 0.6 is 39.7 Å². The Bertz CT molecular complexity index is 1560. The predicted molar refractivity (Wildman–Crippen MR) is 164 cm³/mol. The standard InChI is InChI=1S/C27H28BrN5O3S2.ClH/c1-19-6-9-21(10-7-19)38(35,36)31-23-5-3-2-4-22(23)26(34)29-12-13-32-14-16-33(17-15-32)27-30-24-11-8-20(28)18-25(24)37-27;/h2-11,18,31H,12-17H2,1H3,(H,29,34);1H. The summed E-state index contributed by atoms with van der Waals surface area (Å²) in [4.78, 5) is 22.5. The van der Waals surface area contributed by atoms with Gasteiger partial charge in [0.1, 0.15) is 0 Å². The number of rotatable bonds is 8. The number of aryl methyl sites for hydroxylation is 1. The van der Waals surface area contributed by atoms with Gasteiger partial charge in [-0.15, -0.1) is 12.4 Å². The molecule has 0 bridgehead atoms. The summed E-state index contributed by atoms with van der Waals surface area (Å²) < 4.78 is 30.5. The minimum atomic E-state index is -3.81. The van der Waals surface area contributed by atoms with E-state index in [-0.39, 0.29) is 34.5 Å². The summed E-state index contributed by atoms with van der Waals surface area (Å²) in [6.07, 6.45) is 0. The summed E-state index contributed by atoms with van der Waals surface area (Å²) in [6.45, 7) is 6.57. The van der Waals surface area contributed by atoms with Crippen LogP contribution in [0.3, 0.4) is 0 Å². The van der Waals surface area contributed by atoms with Gasteiger partial charge in [-0.3, -0.25) is 14.4 Å². The number of thiazole rings is 1. The Kier molecular flexibility index (Phi) is 9.50. The zero-order chi connectivity index (χ0) is 26.7. The van der Waals surface area contributed by atoms with Gasteiger partial charge >= 0.3 is 0 Å². The quantitative estimate of drug-likeness (QED) is 0.274. The van der Waals surface area contributed by atoms with E-state index in [2.05, 4.69) is 41.8 Å². The van der Waals surface area contributed by atoms with Crippen molar-refractivity contribution < 1.29 is 13.2 Å². The van der Waals surface area contributed by atoms with Crippen LogP contribution in [-0.4, -0.2) is 63.5 Å².